The van der Waals surface area contributed by atoms with Gasteiger partial charge in [0.1, 0.15) is 5.82 Å². The van der Waals surface area contributed by atoms with Crippen LogP contribution in [0.15, 0.2) is 24.4 Å². The van der Waals surface area contributed by atoms with Gasteiger partial charge in [-0.1, -0.05) is 12.1 Å². The molecule has 0 saturated heterocycles. The number of nitrogens with two attached hydrogens (primary N) is 1. The van der Waals surface area contributed by atoms with Gasteiger partial charge in [0.05, 0.1) is 5.52 Å². The molecule has 0 unspecified atom stereocenters. The summed E-state index contributed by atoms with van der Waals surface area (Å²) >= 11 is 0. The predicted molar refractivity (Wildman–Crippen MR) is 77.1 cm³/mol. The molecule has 0 atom stereocenters. The molecule has 0 amide bonds. The Morgan fingerprint density at radius 3 is 2.68 bits per heavy atom. The minimum Gasteiger partial charge on any atom is -0.330 e. The topological polar surface area (TPSA) is 64.7 Å². The first-order valence-electron chi connectivity index (χ1n) is 6.41. The highest BCUT2D eigenvalue weighted by atomic mass is 14.9. The Hall–Kier alpha value is -2.07. The van der Waals surface area contributed by atoms with Crippen molar-refractivity contribution in [2.24, 2.45) is 5.73 Å². The highest BCUT2D eigenvalue weighted by Gasteiger charge is 2.07. The van der Waals surface area contributed by atoms with E-state index in [9.17, 15) is 0 Å². The van der Waals surface area contributed by atoms with E-state index in [2.05, 4.69) is 47.0 Å². The van der Waals surface area contributed by atoms with Crippen LogP contribution in [0, 0.1) is 13.8 Å². The molecule has 3 rings (SSSR count). The molecule has 0 fully saturated rings. The molecule has 0 bridgehead atoms. The molecule has 3 aromatic rings. The van der Waals surface area contributed by atoms with Gasteiger partial charge in [0.2, 0.25) is 0 Å². The van der Waals surface area contributed by atoms with Gasteiger partial charge in [-0.05, 0) is 37.6 Å². The molecule has 4 heteroatoms. The summed E-state index contributed by atoms with van der Waals surface area (Å²) in [7, 11) is 0. The Balaban J connectivity index is 2.32. The normalized spacial score (nSPS) is 11.3. The van der Waals surface area contributed by atoms with Crippen LogP contribution in [0.25, 0.3) is 21.9 Å². The summed E-state index contributed by atoms with van der Waals surface area (Å²) in [5.74, 6) is 0.757. The van der Waals surface area contributed by atoms with E-state index in [1.165, 1.54) is 16.5 Å². The van der Waals surface area contributed by atoms with Gasteiger partial charge >= 0.3 is 0 Å². The maximum Gasteiger partial charge on any atom is 0.163 e. The molecular weight excluding hydrogens is 236 g/mol. The zero-order valence-electron chi connectivity index (χ0n) is 11.1. The fraction of sp³-hybridized carbons (Fsp3) is 0.267. The zero-order valence-corrected chi connectivity index (χ0v) is 11.1. The smallest absolute Gasteiger partial charge is 0.163 e. The molecule has 19 heavy (non-hydrogen) atoms. The minimum atomic E-state index is 0.553. The second-order valence-electron chi connectivity index (χ2n) is 4.82. The molecule has 1 aromatic carbocycles. The van der Waals surface area contributed by atoms with Crippen molar-refractivity contribution in [1.29, 1.82) is 0 Å². The van der Waals surface area contributed by atoms with Crippen LogP contribution in [0.3, 0.4) is 0 Å². The minimum absolute atomic E-state index is 0.553. The van der Waals surface area contributed by atoms with E-state index < -0.39 is 0 Å². The van der Waals surface area contributed by atoms with Crippen molar-refractivity contribution in [1.82, 2.24) is 15.0 Å². The maximum atomic E-state index is 5.54. The van der Waals surface area contributed by atoms with Gasteiger partial charge in [-0.2, -0.15) is 0 Å². The van der Waals surface area contributed by atoms with Gasteiger partial charge in [0, 0.05) is 23.4 Å². The van der Waals surface area contributed by atoms with Crippen LogP contribution in [0.1, 0.15) is 17.0 Å². The first-order chi connectivity index (χ1) is 9.19. The largest absolute Gasteiger partial charge is 0.330 e. The summed E-state index contributed by atoms with van der Waals surface area (Å²) in [5.41, 5.74) is 9.70. The van der Waals surface area contributed by atoms with E-state index >= 15 is 0 Å². The van der Waals surface area contributed by atoms with E-state index in [-0.39, 0.29) is 0 Å². The van der Waals surface area contributed by atoms with Gasteiger partial charge in [-0.25, -0.2) is 15.0 Å². The molecule has 0 radical (unpaired) electrons. The van der Waals surface area contributed by atoms with E-state index in [0.717, 1.165) is 22.4 Å². The van der Waals surface area contributed by atoms with Crippen LogP contribution in [-0.4, -0.2) is 21.5 Å². The Kier molecular flexibility index (Phi) is 2.87. The standard InChI is InChI=1S/C15H16N4/c1-9-3-4-10(2)14-12(9)7-11-8-17-13(5-6-16)18-15(11)19-14/h3-4,7-8H,5-6,16H2,1-2H3. The molecule has 0 aliphatic heterocycles. The first-order valence-corrected chi connectivity index (χ1v) is 6.41. The van der Waals surface area contributed by atoms with Gasteiger partial charge in [-0.15, -0.1) is 0 Å². The van der Waals surface area contributed by atoms with Crippen molar-refractivity contribution in [3.63, 3.8) is 0 Å². The average Bonchev–Trinajstić information content (AvgIpc) is 2.42. The number of aryl methyl sites for hydroxylation is 2. The number of fused-ring (bicyclic) bond motifs is 2. The summed E-state index contributed by atoms with van der Waals surface area (Å²) in [6.07, 6.45) is 2.52. The Morgan fingerprint density at radius 2 is 1.89 bits per heavy atom. The van der Waals surface area contributed by atoms with Crippen molar-refractivity contribution in [2.45, 2.75) is 20.3 Å². The lowest BCUT2D eigenvalue weighted by molar-refractivity contribution is 0.876. The van der Waals surface area contributed by atoms with Crippen molar-refractivity contribution >= 4 is 21.9 Å². The van der Waals surface area contributed by atoms with Gasteiger partial charge in [0.15, 0.2) is 5.65 Å². The third kappa shape index (κ3) is 2.04. The second kappa shape index (κ2) is 4.55. The number of hydrogen-bond acceptors (Lipinski definition) is 4. The lowest BCUT2D eigenvalue weighted by Gasteiger charge is -2.07. The predicted octanol–water partition coefficient (Wildman–Crippen LogP) is 2.30. The van der Waals surface area contributed by atoms with Crippen LogP contribution in [0.2, 0.25) is 0 Å². The Morgan fingerprint density at radius 1 is 1.11 bits per heavy atom. The van der Waals surface area contributed by atoms with Crippen LogP contribution in [0.5, 0.6) is 0 Å². The maximum absolute atomic E-state index is 5.54. The van der Waals surface area contributed by atoms with Crippen LogP contribution >= 0.6 is 0 Å². The summed E-state index contributed by atoms with van der Waals surface area (Å²) in [5, 5.41) is 2.14. The number of aromatic nitrogens is 3. The number of benzene rings is 1. The van der Waals surface area contributed by atoms with Gasteiger partial charge in [-0.3, -0.25) is 0 Å². The average molecular weight is 252 g/mol. The highest BCUT2D eigenvalue weighted by Crippen LogP contribution is 2.23. The molecular formula is C15H16N4. The van der Waals surface area contributed by atoms with Crippen molar-refractivity contribution in [2.75, 3.05) is 6.54 Å². The number of nitrogens with zero attached hydrogens (tertiary/aromatic N) is 3. The van der Waals surface area contributed by atoms with E-state index in [0.29, 0.717) is 13.0 Å². The second-order valence-corrected chi connectivity index (χ2v) is 4.82. The van der Waals surface area contributed by atoms with E-state index in [1.54, 1.807) is 0 Å². The SMILES string of the molecule is Cc1ccc(C)c2nc3nc(CCN)ncc3cc12. The van der Waals surface area contributed by atoms with E-state index in [1.807, 2.05) is 6.20 Å². The third-order valence-electron chi connectivity index (χ3n) is 3.37. The number of hydrogen-bond donors (Lipinski definition) is 1. The van der Waals surface area contributed by atoms with Crippen molar-refractivity contribution in [3.8, 4) is 0 Å². The summed E-state index contributed by atoms with van der Waals surface area (Å²) in [6.45, 7) is 4.72. The Bertz CT molecular complexity index is 765. The molecule has 0 saturated carbocycles. The fourth-order valence-electron chi connectivity index (χ4n) is 2.27. The molecule has 2 aromatic heterocycles. The summed E-state index contributed by atoms with van der Waals surface area (Å²) in [4.78, 5) is 13.5. The third-order valence-corrected chi connectivity index (χ3v) is 3.37. The quantitative estimate of drug-likeness (QED) is 0.711. The highest BCUT2D eigenvalue weighted by molar-refractivity contribution is 5.94. The van der Waals surface area contributed by atoms with Crippen LogP contribution in [-0.2, 0) is 6.42 Å². The molecule has 2 N–H and O–H groups in total. The first kappa shape index (κ1) is 12.0. The molecule has 4 nitrogen and oxygen atoms in total. The monoisotopic (exact) mass is 252 g/mol. The van der Waals surface area contributed by atoms with Gasteiger partial charge < -0.3 is 5.73 Å². The van der Waals surface area contributed by atoms with Crippen molar-refractivity contribution in [3.05, 3.63) is 41.3 Å². The number of pyridine rings is 1. The van der Waals surface area contributed by atoms with Crippen molar-refractivity contribution < 1.29 is 0 Å². The van der Waals surface area contributed by atoms with Gasteiger partial charge in [0.25, 0.3) is 0 Å². The summed E-state index contributed by atoms with van der Waals surface area (Å²) < 4.78 is 0. The summed E-state index contributed by atoms with van der Waals surface area (Å²) in [6, 6.07) is 6.33. The van der Waals surface area contributed by atoms with Crippen LogP contribution in [0.4, 0.5) is 0 Å². The van der Waals surface area contributed by atoms with Crippen LogP contribution < -0.4 is 5.73 Å². The Labute approximate surface area is 111 Å². The molecule has 2 heterocycles. The number of rotatable bonds is 2. The molecule has 0 spiro atoms. The lowest BCUT2D eigenvalue weighted by Crippen LogP contribution is -2.06. The lowest BCUT2D eigenvalue weighted by atomic mass is 10.0. The molecule has 96 valence electrons. The van der Waals surface area contributed by atoms with E-state index in [4.69, 9.17) is 5.73 Å². The molecule has 0 aliphatic rings. The zero-order chi connectivity index (χ0) is 13.4. The fourth-order valence-corrected chi connectivity index (χ4v) is 2.27. The molecule has 0 aliphatic carbocycles.